The van der Waals surface area contributed by atoms with Crippen LogP contribution in [-0.2, 0) is 6.42 Å². The van der Waals surface area contributed by atoms with Gasteiger partial charge in [-0.25, -0.2) is 4.98 Å². The maximum atomic E-state index is 10.4. The molecule has 7 heteroatoms. The summed E-state index contributed by atoms with van der Waals surface area (Å²) < 4.78 is 0. The molecule has 0 spiro atoms. The van der Waals surface area contributed by atoms with Gasteiger partial charge >= 0.3 is 5.82 Å². The smallest absolute Gasteiger partial charge is 0.363 e. The van der Waals surface area contributed by atoms with E-state index in [4.69, 9.17) is 0 Å². The Balaban J connectivity index is 1.85. The molecule has 0 aliphatic rings. The first kappa shape index (κ1) is 11.5. The summed E-state index contributed by atoms with van der Waals surface area (Å²) in [4.78, 5) is 17.8. The quantitative estimate of drug-likeness (QED) is 0.649. The van der Waals surface area contributed by atoms with Gasteiger partial charge in [0.05, 0.1) is 10.7 Å². The number of hydrogen-bond acceptors (Lipinski definition) is 6. The predicted octanol–water partition coefficient (Wildman–Crippen LogP) is 2.10. The normalized spacial score (nSPS) is 10.1. The van der Waals surface area contributed by atoms with E-state index in [0.29, 0.717) is 0 Å². The maximum Gasteiger partial charge on any atom is 0.363 e. The van der Waals surface area contributed by atoms with Gasteiger partial charge in [0, 0.05) is 30.6 Å². The zero-order chi connectivity index (χ0) is 12.1. The van der Waals surface area contributed by atoms with Crippen molar-refractivity contribution in [1.82, 2.24) is 9.97 Å². The van der Waals surface area contributed by atoms with Gasteiger partial charge in [-0.3, -0.25) is 0 Å². The van der Waals surface area contributed by atoms with Crippen molar-refractivity contribution in [2.75, 3.05) is 11.9 Å². The van der Waals surface area contributed by atoms with E-state index < -0.39 is 4.92 Å². The third-order valence-corrected chi connectivity index (χ3v) is 2.93. The Morgan fingerprint density at radius 1 is 1.41 bits per heavy atom. The molecular weight excluding hydrogens is 240 g/mol. The van der Waals surface area contributed by atoms with Gasteiger partial charge < -0.3 is 15.4 Å². The summed E-state index contributed by atoms with van der Waals surface area (Å²) in [6.45, 7) is 0.729. The largest absolute Gasteiger partial charge is 0.382 e. The van der Waals surface area contributed by atoms with E-state index in [2.05, 4.69) is 15.3 Å². The summed E-state index contributed by atoms with van der Waals surface area (Å²) in [5, 5.41) is 16.5. The zero-order valence-corrected chi connectivity index (χ0v) is 9.68. The minimum atomic E-state index is -0.515. The number of rotatable bonds is 5. The van der Waals surface area contributed by atoms with Crippen LogP contribution in [0.1, 0.15) is 5.01 Å². The zero-order valence-electron chi connectivity index (χ0n) is 8.87. The molecule has 0 radical (unpaired) electrons. The van der Waals surface area contributed by atoms with Crippen molar-refractivity contribution in [3.63, 3.8) is 0 Å². The molecule has 6 nitrogen and oxygen atoms in total. The third-order valence-electron chi connectivity index (χ3n) is 2.09. The fourth-order valence-corrected chi connectivity index (χ4v) is 1.91. The Hall–Kier alpha value is -2.02. The molecule has 0 aliphatic heterocycles. The second kappa shape index (κ2) is 5.35. The van der Waals surface area contributed by atoms with Gasteiger partial charge in [0.1, 0.15) is 0 Å². The molecule has 0 atom stereocenters. The predicted molar refractivity (Wildman–Crippen MR) is 65.2 cm³/mol. The molecule has 2 rings (SSSR count). The van der Waals surface area contributed by atoms with Crippen molar-refractivity contribution in [2.24, 2.45) is 0 Å². The number of anilines is 1. The molecule has 0 saturated heterocycles. The van der Waals surface area contributed by atoms with Crippen molar-refractivity contribution < 1.29 is 4.92 Å². The lowest BCUT2D eigenvalue weighted by atomic mass is 10.3. The highest BCUT2D eigenvalue weighted by molar-refractivity contribution is 7.09. The van der Waals surface area contributed by atoms with Crippen molar-refractivity contribution >= 4 is 22.8 Å². The molecule has 17 heavy (non-hydrogen) atoms. The highest BCUT2D eigenvalue weighted by Crippen LogP contribution is 2.11. The van der Waals surface area contributed by atoms with Crippen LogP contribution in [0.15, 0.2) is 29.9 Å². The minimum Gasteiger partial charge on any atom is -0.382 e. The number of aromatic nitrogens is 2. The van der Waals surface area contributed by atoms with Crippen molar-refractivity contribution in [1.29, 1.82) is 0 Å². The topological polar surface area (TPSA) is 81.0 Å². The average Bonchev–Trinajstić information content (AvgIpc) is 2.83. The van der Waals surface area contributed by atoms with E-state index >= 15 is 0 Å². The highest BCUT2D eigenvalue weighted by atomic mass is 32.1. The maximum absolute atomic E-state index is 10.4. The van der Waals surface area contributed by atoms with Gasteiger partial charge in [-0.15, -0.1) is 11.3 Å². The molecule has 0 amide bonds. The van der Waals surface area contributed by atoms with E-state index in [9.17, 15) is 10.1 Å². The second-order valence-electron chi connectivity index (χ2n) is 3.26. The molecule has 2 heterocycles. The number of pyridine rings is 1. The van der Waals surface area contributed by atoms with Crippen LogP contribution in [0.5, 0.6) is 0 Å². The van der Waals surface area contributed by atoms with E-state index in [1.165, 1.54) is 12.3 Å². The summed E-state index contributed by atoms with van der Waals surface area (Å²) in [5.74, 6) is -0.143. The standard InChI is InChI=1S/C10H10N4O2S/c15-14(16)9-2-1-8(7-13-9)11-4-3-10-12-5-6-17-10/h1-2,5-7,11H,3-4H2. The van der Waals surface area contributed by atoms with E-state index in [-0.39, 0.29) is 5.82 Å². The molecule has 0 aromatic carbocycles. The number of nitrogens with one attached hydrogen (secondary N) is 1. The average molecular weight is 250 g/mol. The van der Waals surface area contributed by atoms with Crippen molar-refractivity contribution in [2.45, 2.75) is 6.42 Å². The van der Waals surface area contributed by atoms with Crippen LogP contribution >= 0.6 is 11.3 Å². The monoisotopic (exact) mass is 250 g/mol. The fraction of sp³-hybridized carbons (Fsp3) is 0.200. The molecule has 2 aromatic rings. The minimum absolute atomic E-state index is 0.143. The highest BCUT2D eigenvalue weighted by Gasteiger charge is 2.05. The third kappa shape index (κ3) is 3.22. The van der Waals surface area contributed by atoms with Crippen LogP contribution < -0.4 is 5.32 Å². The summed E-state index contributed by atoms with van der Waals surface area (Å²) in [5.41, 5.74) is 0.771. The van der Waals surface area contributed by atoms with Gasteiger partial charge in [-0.1, -0.05) is 0 Å². The molecule has 88 valence electrons. The Labute approximate surface area is 102 Å². The summed E-state index contributed by atoms with van der Waals surface area (Å²) in [6, 6.07) is 3.03. The molecular formula is C10H10N4O2S. The molecule has 1 N–H and O–H groups in total. The van der Waals surface area contributed by atoms with Crippen LogP contribution in [0.25, 0.3) is 0 Å². The molecule has 0 bridgehead atoms. The number of thiazole rings is 1. The lowest BCUT2D eigenvalue weighted by Crippen LogP contribution is -2.05. The summed E-state index contributed by atoms with van der Waals surface area (Å²) in [6.07, 6.45) is 4.06. The summed E-state index contributed by atoms with van der Waals surface area (Å²) in [7, 11) is 0. The SMILES string of the molecule is O=[N+]([O-])c1ccc(NCCc2nccs2)cn1. The van der Waals surface area contributed by atoms with Crippen molar-refractivity contribution in [3.8, 4) is 0 Å². The number of nitro groups is 1. The lowest BCUT2D eigenvalue weighted by Gasteiger charge is -2.02. The van der Waals surface area contributed by atoms with Gasteiger partial charge in [0.2, 0.25) is 0 Å². The van der Waals surface area contributed by atoms with Crippen LogP contribution in [0.4, 0.5) is 11.5 Å². The van der Waals surface area contributed by atoms with E-state index in [0.717, 1.165) is 23.7 Å². The molecule has 0 aliphatic carbocycles. The lowest BCUT2D eigenvalue weighted by molar-refractivity contribution is -0.389. The Kier molecular flexibility index (Phi) is 3.61. The van der Waals surface area contributed by atoms with Gasteiger partial charge in [-0.05, 0) is 16.0 Å². The van der Waals surface area contributed by atoms with Gasteiger partial charge in [-0.2, -0.15) is 0 Å². The Bertz CT molecular complexity index is 484. The van der Waals surface area contributed by atoms with E-state index in [1.54, 1.807) is 23.6 Å². The van der Waals surface area contributed by atoms with Crippen LogP contribution in [0, 0.1) is 10.1 Å². The molecule has 0 unspecified atom stereocenters. The first-order valence-corrected chi connectivity index (χ1v) is 5.86. The first-order valence-electron chi connectivity index (χ1n) is 4.98. The number of nitrogens with zero attached hydrogens (tertiary/aromatic N) is 3. The first-order chi connectivity index (χ1) is 8.25. The van der Waals surface area contributed by atoms with Gasteiger partial charge in [0.15, 0.2) is 6.20 Å². The molecule has 2 aromatic heterocycles. The van der Waals surface area contributed by atoms with Gasteiger partial charge in [0.25, 0.3) is 0 Å². The fourth-order valence-electron chi connectivity index (χ4n) is 1.29. The second-order valence-corrected chi connectivity index (χ2v) is 4.24. The molecule has 0 saturated carbocycles. The van der Waals surface area contributed by atoms with Crippen molar-refractivity contribution in [3.05, 3.63) is 45.0 Å². The van der Waals surface area contributed by atoms with E-state index in [1.807, 2.05) is 5.38 Å². The Morgan fingerprint density at radius 2 is 2.29 bits per heavy atom. The van der Waals surface area contributed by atoms with Crippen LogP contribution in [0.3, 0.4) is 0 Å². The number of hydrogen-bond donors (Lipinski definition) is 1. The molecule has 0 fully saturated rings. The summed E-state index contributed by atoms with van der Waals surface area (Å²) >= 11 is 1.61. The van der Waals surface area contributed by atoms with Crippen LogP contribution in [0.2, 0.25) is 0 Å². The Morgan fingerprint density at radius 3 is 2.88 bits per heavy atom. The van der Waals surface area contributed by atoms with Crippen LogP contribution in [-0.4, -0.2) is 21.4 Å².